The van der Waals surface area contributed by atoms with E-state index in [1.54, 1.807) is 12.4 Å². The van der Waals surface area contributed by atoms with Gasteiger partial charge in [-0.05, 0) is 51.3 Å². The molecule has 2 rings (SSSR count). The van der Waals surface area contributed by atoms with Crippen LogP contribution in [0.4, 0.5) is 5.82 Å². The second-order valence-corrected chi connectivity index (χ2v) is 6.04. The number of aromatic nitrogens is 3. The molecule has 2 heterocycles. The zero-order valence-corrected chi connectivity index (χ0v) is 14.6. The van der Waals surface area contributed by atoms with E-state index in [1.807, 2.05) is 13.0 Å². The van der Waals surface area contributed by atoms with Gasteiger partial charge in [-0.2, -0.15) is 0 Å². The Hall–Kier alpha value is -1.01. The van der Waals surface area contributed by atoms with Gasteiger partial charge in [-0.25, -0.2) is 9.97 Å². The van der Waals surface area contributed by atoms with Crippen molar-refractivity contribution < 1.29 is 0 Å². The third kappa shape index (κ3) is 3.55. The molecule has 2 aromatic heterocycles. The molecule has 0 fully saturated rings. The van der Waals surface area contributed by atoms with E-state index in [4.69, 9.17) is 0 Å². The van der Waals surface area contributed by atoms with E-state index in [2.05, 4.69) is 59.1 Å². The zero-order valence-electron chi connectivity index (χ0n) is 11.5. The first-order valence-electron chi connectivity index (χ1n) is 6.56. The van der Waals surface area contributed by atoms with Gasteiger partial charge in [-0.1, -0.05) is 13.3 Å². The van der Waals surface area contributed by atoms with Crippen LogP contribution in [0.3, 0.4) is 0 Å². The second kappa shape index (κ2) is 7.13. The minimum absolute atomic E-state index is 0.696. The van der Waals surface area contributed by atoms with Gasteiger partial charge < -0.3 is 5.32 Å². The zero-order chi connectivity index (χ0) is 14.5. The molecule has 0 saturated heterocycles. The van der Waals surface area contributed by atoms with E-state index in [0.29, 0.717) is 5.82 Å². The minimum atomic E-state index is 0.696. The lowest BCUT2D eigenvalue weighted by Crippen LogP contribution is -2.06. The third-order valence-corrected chi connectivity index (χ3v) is 3.98. The smallest absolute Gasteiger partial charge is 0.163 e. The summed E-state index contributed by atoms with van der Waals surface area (Å²) in [4.78, 5) is 13.4. The van der Waals surface area contributed by atoms with Gasteiger partial charge >= 0.3 is 0 Å². The Kier molecular flexibility index (Phi) is 5.48. The fraction of sp³-hybridized carbons (Fsp3) is 0.357. The normalized spacial score (nSPS) is 10.6. The number of rotatable bonds is 5. The molecule has 0 unspecified atom stereocenters. The standard InChI is InChI=1S/C14H16Br2N4/c1-3-5-11-12(16)14(18-4-2)20-13(19-11)9-6-10(15)8-17-7-9/h6-8H,3-5H2,1-2H3,(H,18,19,20). The summed E-state index contributed by atoms with van der Waals surface area (Å²) in [7, 11) is 0. The van der Waals surface area contributed by atoms with E-state index in [0.717, 1.165) is 45.4 Å². The molecule has 4 nitrogen and oxygen atoms in total. The summed E-state index contributed by atoms with van der Waals surface area (Å²) in [6.07, 6.45) is 5.48. The van der Waals surface area contributed by atoms with Crippen molar-refractivity contribution >= 4 is 37.7 Å². The number of nitrogens with one attached hydrogen (secondary N) is 1. The summed E-state index contributed by atoms with van der Waals surface area (Å²) in [5.41, 5.74) is 1.93. The van der Waals surface area contributed by atoms with Crippen molar-refractivity contribution in [2.75, 3.05) is 11.9 Å². The summed E-state index contributed by atoms with van der Waals surface area (Å²) in [6.45, 7) is 5.01. The maximum Gasteiger partial charge on any atom is 0.163 e. The lowest BCUT2D eigenvalue weighted by atomic mass is 10.2. The largest absolute Gasteiger partial charge is 0.369 e. The molecular formula is C14H16Br2N4. The summed E-state index contributed by atoms with van der Waals surface area (Å²) < 4.78 is 1.87. The second-order valence-electron chi connectivity index (χ2n) is 4.33. The quantitative estimate of drug-likeness (QED) is 0.806. The first-order valence-corrected chi connectivity index (χ1v) is 8.15. The summed E-state index contributed by atoms with van der Waals surface area (Å²) >= 11 is 7.02. The maximum absolute atomic E-state index is 4.66. The molecule has 0 radical (unpaired) electrons. The van der Waals surface area contributed by atoms with E-state index in [9.17, 15) is 0 Å². The van der Waals surface area contributed by atoms with Gasteiger partial charge in [0.05, 0.1) is 10.2 Å². The van der Waals surface area contributed by atoms with Gasteiger partial charge in [0.25, 0.3) is 0 Å². The summed E-state index contributed by atoms with van der Waals surface area (Å²) in [6, 6.07) is 1.97. The average molecular weight is 400 g/mol. The highest BCUT2D eigenvalue weighted by Gasteiger charge is 2.13. The van der Waals surface area contributed by atoms with Crippen molar-refractivity contribution in [2.24, 2.45) is 0 Å². The molecule has 0 aliphatic rings. The number of hydrogen-bond acceptors (Lipinski definition) is 4. The van der Waals surface area contributed by atoms with Gasteiger partial charge in [0, 0.05) is 29.0 Å². The van der Waals surface area contributed by atoms with Gasteiger partial charge in [-0.3, -0.25) is 4.98 Å². The molecule has 2 aromatic rings. The molecule has 0 amide bonds. The van der Waals surface area contributed by atoms with Crippen molar-refractivity contribution in [3.8, 4) is 11.4 Å². The van der Waals surface area contributed by atoms with E-state index in [1.165, 1.54) is 0 Å². The number of pyridine rings is 1. The number of halogens is 2. The molecule has 0 saturated carbocycles. The van der Waals surface area contributed by atoms with Crippen LogP contribution in [-0.4, -0.2) is 21.5 Å². The van der Waals surface area contributed by atoms with Crippen LogP contribution in [0, 0.1) is 0 Å². The molecule has 0 spiro atoms. The van der Waals surface area contributed by atoms with E-state index >= 15 is 0 Å². The number of hydrogen-bond donors (Lipinski definition) is 1. The van der Waals surface area contributed by atoms with Crippen molar-refractivity contribution in [1.29, 1.82) is 0 Å². The topological polar surface area (TPSA) is 50.7 Å². The molecule has 1 N–H and O–H groups in total. The van der Waals surface area contributed by atoms with Crippen LogP contribution in [0.5, 0.6) is 0 Å². The lowest BCUT2D eigenvalue weighted by molar-refractivity contribution is 0.867. The van der Waals surface area contributed by atoms with E-state index < -0.39 is 0 Å². The predicted molar refractivity (Wildman–Crippen MR) is 88.8 cm³/mol. The molecular weight excluding hydrogens is 384 g/mol. The highest BCUT2D eigenvalue weighted by atomic mass is 79.9. The number of nitrogens with zero attached hydrogens (tertiary/aromatic N) is 3. The predicted octanol–water partition coefficient (Wildman–Crippen LogP) is 4.45. The first-order chi connectivity index (χ1) is 9.65. The number of anilines is 1. The Morgan fingerprint density at radius 2 is 1.95 bits per heavy atom. The van der Waals surface area contributed by atoms with Crippen LogP contribution in [0.2, 0.25) is 0 Å². The molecule has 20 heavy (non-hydrogen) atoms. The fourth-order valence-electron chi connectivity index (χ4n) is 1.84. The van der Waals surface area contributed by atoms with Crippen molar-refractivity contribution in [1.82, 2.24) is 15.0 Å². The van der Waals surface area contributed by atoms with Gasteiger partial charge in [0.2, 0.25) is 0 Å². The van der Waals surface area contributed by atoms with Gasteiger partial charge in [0.1, 0.15) is 5.82 Å². The molecule has 6 heteroatoms. The minimum Gasteiger partial charge on any atom is -0.369 e. The Labute approximate surface area is 135 Å². The Bertz CT molecular complexity index is 574. The molecule has 0 bridgehead atoms. The van der Waals surface area contributed by atoms with Crippen molar-refractivity contribution in [3.63, 3.8) is 0 Å². The van der Waals surface area contributed by atoms with Crippen LogP contribution >= 0.6 is 31.9 Å². The average Bonchev–Trinajstić information content (AvgIpc) is 2.43. The fourth-order valence-corrected chi connectivity index (χ4v) is 2.72. The van der Waals surface area contributed by atoms with Gasteiger partial charge in [0.15, 0.2) is 5.82 Å². The van der Waals surface area contributed by atoms with E-state index in [-0.39, 0.29) is 0 Å². The van der Waals surface area contributed by atoms with Crippen LogP contribution in [0.15, 0.2) is 27.4 Å². The van der Waals surface area contributed by atoms with Crippen LogP contribution in [0.25, 0.3) is 11.4 Å². The monoisotopic (exact) mass is 398 g/mol. The van der Waals surface area contributed by atoms with Crippen molar-refractivity contribution in [3.05, 3.63) is 33.1 Å². The summed E-state index contributed by atoms with van der Waals surface area (Å²) in [5, 5.41) is 3.27. The molecule has 0 aliphatic heterocycles. The SMILES string of the molecule is CCCc1nc(-c2cncc(Br)c2)nc(NCC)c1Br. The van der Waals surface area contributed by atoms with Gasteiger partial charge in [-0.15, -0.1) is 0 Å². The van der Waals surface area contributed by atoms with Crippen LogP contribution in [0.1, 0.15) is 26.0 Å². The first kappa shape index (κ1) is 15.4. The lowest BCUT2D eigenvalue weighted by Gasteiger charge is -2.12. The summed E-state index contributed by atoms with van der Waals surface area (Å²) in [5.74, 6) is 1.53. The molecule has 106 valence electrons. The van der Waals surface area contributed by atoms with Crippen molar-refractivity contribution in [2.45, 2.75) is 26.7 Å². The Morgan fingerprint density at radius 1 is 1.15 bits per heavy atom. The Morgan fingerprint density at radius 3 is 2.60 bits per heavy atom. The number of aryl methyl sites for hydroxylation is 1. The Balaban J connectivity index is 2.52. The third-order valence-electron chi connectivity index (χ3n) is 2.71. The molecule has 0 aromatic carbocycles. The highest BCUT2D eigenvalue weighted by molar-refractivity contribution is 9.11. The van der Waals surface area contributed by atoms with Crippen LogP contribution in [-0.2, 0) is 6.42 Å². The highest BCUT2D eigenvalue weighted by Crippen LogP contribution is 2.28. The molecule has 0 atom stereocenters. The molecule has 0 aliphatic carbocycles. The maximum atomic E-state index is 4.66. The van der Waals surface area contributed by atoms with Crippen LogP contribution < -0.4 is 5.32 Å².